The van der Waals surface area contributed by atoms with Crippen molar-refractivity contribution in [1.82, 2.24) is 35.2 Å². The standard InChI is InChI=1S/C24H37N7O2/c1-4-29(5-2)14-6-13-26-23(32)21-11-15-30(16-12-21)24(33)28-19(3)20-7-9-22(10-8-20)31-18-25-17-27-31/h7-10,17-19,21H,4-6,11-16H2,1-3H3,(H,26,32)(H,28,33). The largest absolute Gasteiger partial charge is 0.356 e. The fourth-order valence-electron chi connectivity index (χ4n) is 4.16. The lowest BCUT2D eigenvalue weighted by molar-refractivity contribution is -0.126. The Labute approximate surface area is 196 Å². The number of urea groups is 1. The zero-order valence-corrected chi connectivity index (χ0v) is 20.0. The number of hydrogen-bond acceptors (Lipinski definition) is 5. The van der Waals surface area contributed by atoms with Gasteiger partial charge in [-0.25, -0.2) is 14.5 Å². The summed E-state index contributed by atoms with van der Waals surface area (Å²) in [6, 6.07) is 7.69. The van der Waals surface area contributed by atoms with Crippen molar-refractivity contribution in [2.45, 2.75) is 46.1 Å². The smallest absolute Gasteiger partial charge is 0.317 e. The van der Waals surface area contributed by atoms with Gasteiger partial charge in [0.15, 0.2) is 0 Å². The molecular formula is C24H37N7O2. The van der Waals surface area contributed by atoms with E-state index in [9.17, 15) is 9.59 Å². The minimum Gasteiger partial charge on any atom is -0.356 e. The number of rotatable bonds is 10. The van der Waals surface area contributed by atoms with Gasteiger partial charge in [0.2, 0.25) is 5.91 Å². The first-order valence-corrected chi connectivity index (χ1v) is 12.0. The normalized spacial score (nSPS) is 15.5. The van der Waals surface area contributed by atoms with E-state index < -0.39 is 0 Å². The van der Waals surface area contributed by atoms with Gasteiger partial charge in [-0.05, 0) is 63.5 Å². The Hall–Kier alpha value is -2.94. The summed E-state index contributed by atoms with van der Waals surface area (Å²) in [4.78, 5) is 33.3. The van der Waals surface area contributed by atoms with E-state index in [1.807, 2.05) is 36.1 Å². The lowest BCUT2D eigenvalue weighted by Crippen LogP contribution is -2.47. The highest BCUT2D eigenvalue weighted by Crippen LogP contribution is 2.19. The van der Waals surface area contributed by atoms with Crippen LogP contribution < -0.4 is 10.6 Å². The van der Waals surface area contributed by atoms with Gasteiger partial charge in [-0.2, -0.15) is 5.10 Å². The molecule has 9 nitrogen and oxygen atoms in total. The molecule has 1 aromatic heterocycles. The van der Waals surface area contributed by atoms with Gasteiger partial charge in [0.25, 0.3) is 0 Å². The molecule has 2 heterocycles. The molecule has 3 amide bonds. The Morgan fingerprint density at radius 2 is 1.85 bits per heavy atom. The van der Waals surface area contributed by atoms with Crippen LogP contribution in [0.25, 0.3) is 5.69 Å². The molecule has 1 aromatic carbocycles. The summed E-state index contributed by atoms with van der Waals surface area (Å²) in [7, 11) is 0. The van der Waals surface area contributed by atoms with Crippen molar-refractivity contribution in [2.75, 3.05) is 39.3 Å². The second-order valence-electron chi connectivity index (χ2n) is 8.54. The molecular weight excluding hydrogens is 418 g/mol. The molecule has 1 aliphatic rings. The van der Waals surface area contributed by atoms with E-state index in [2.05, 4.69) is 39.5 Å². The van der Waals surface area contributed by atoms with E-state index in [-0.39, 0.29) is 23.9 Å². The monoisotopic (exact) mass is 455 g/mol. The third kappa shape index (κ3) is 7.02. The molecule has 1 unspecified atom stereocenters. The minimum atomic E-state index is -0.117. The van der Waals surface area contributed by atoms with E-state index in [1.165, 1.54) is 6.33 Å². The third-order valence-corrected chi connectivity index (χ3v) is 6.41. The molecule has 1 fully saturated rings. The third-order valence-electron chi connectivity index (χ3n) is 6.41. The molecule has 0 bridgehead atoms. The number of piperidine rings is 1. The van der Waals surface area contributed by atoms with Crippen LogP contribution in [0.2, 0.25) is 0 Å². The van der Waals surface area contributed by atoms with Crippen LogP contribution in [0.5, 0.6) is 0 Å². The van der Waals surface area contributed by atoms with Gasteiger partial charge in [0.1, 0.15) is 12.7 Å². The molecule has 2 aromatic rings. The van der Waals surface area contributed by atoms with Crippen molar-refractivity contribution in [2.24, 2.45) is 5.92 Å². The zero-order valence-electron chi connectivity index (χ0n) is 20.0. The van der Waals surface area contributed by atoms with Crippen molar-refractivity contribution in [3.05, 3.63) is 42.5 Å². The van der Waals surface area contributed by atoms with Crippen LogP contribution in [-0.4, -0.2) is 75.8 Å². The fraction of sp³-hybridized carbons (Fsp3) is 0.583. The zero-order chi connectivity index (χ0) is 23.6. The van der Waals surface area contributed by atoms with Crippen LogP contribution in [-0.2, 0) is 4.79 Å². The quantitative estimate of drug-likeness (QED) is 0.537. The van der Waals surface area contributed by atoms with Gasteiger partial charge in [-0.1, -0.05) is 26.0 Å². The average Bonchev–Trinajstić information content (AvgIpc) is 3.39. The number of likely N-dealkylation sites (tertiary alicyclic amines) is 1. The molecule has 0 aliphatic carbocycles. The van der Waals surface area contributed by atoms with E-state index in [0.29, 0.717) is 32.5 Å². The predicted molar refractivity (Wildman–Crippen MR) is 128 cm³/mol. The summed E-state index contributed by atoms with van der Waals surface area (Å²) in [5.41, 5.74) is 1.94. The minimum absolute atomic E-state index is 0.00995. The van der Waals surface area contributed by atoms with Crippen LogP contribution in [0.1, 0.15) is 51.6 Å². The molecule has 2 N–H and O–H groups in total. The summed E-state index contributed by atoms with van der Waals surface area (Å²) < 4.78 is 1.69. The second kappa shape index (κ2) is 12.3. The highest BCUT2D eigenvalue weighted by molar-refractivity contribution is 5.79. The predicted octanol–water partition coefficient (Wildman–Crippen LogP) is 2.60. The fourth-order valence-corrected chi connectivity index (χ4v) is 4.16. The molecule has 9 heteroatoms. The molecule has 1 aliphatic heterocycles. The molecule has 0 radical (unpaired) electrons. The number of benzene rings is 1. The molecule has 3 rings (SSSR count). The number of nitrogens with one attached hydrogen (secondary N) is 2. The van der Waals surface area contributed by atoms with Gasteiger partial charge in [-0.15, -0.1) is 0 Å². The molecule has 180 valence electrons. The SMILES string of the molecule is CCN(CC)CCCNC(=O)C1CCN(C(=O)NC(C)c2ccc(-n3cncn3)cc2)CC1. The summed E-state index contributed by atoms with van der Waals surface area (Å²) in [5.74, 6) is 0.111. The van der Waals surface area contributed by atoms with Gasteiger partial charge in [0, 0.05) is 25.6 Å². The first kappa shape index (κ1) is 24.7. The topological polar surface area (TPSA) is 95.4 Å². The maximum absolute atomic E-state index is 12.7. The number of amides is 3. The van der Waals surface area contributed by atoms with E-state index in [0.717, 1.165) is 37.3 Å². The number of hydrogen-bond donors (Lipinski definition) is 2. The van der Waals surface area contributed by atoms with E-state index >= 15 is 0 Å². The molecule has 1 saturated heterocycles. The van der Waals surface area contributed by atoms with Crippen LogP contribution >= 0.6 is 0 Å². The number of nitrogens with zero attached hydrogens (tertiary/aromatic N) is 5. The van der Waals surface area contributed by atoms with Crippen LogP contribution in [0, 0.1) is 5.92 Å². The second-order valence-corrected chi connectivity index (χ2v) is 8.54. The van der Waals surface area contributed by atoms with Gasteiger partial charge in [-0.3, -0.25) is 4.79 Å². The van der Waals surface area contributed by atoms with Crippen molar-refractivity contribution in [3.8, 4) is 5.69 Å². The number of carbonyl (C=O) groups excluding carboxylic acids is 2. The van der Waals surface area contributed by atoms with Crippen LogP contribution in [0.15, 0.2) is 36.9 Å². The number of carbonyl (C=O) groups is 2. The molecule has 1 atom stereocenters. The Kier molecular flexibility index (Phi) is 9.24. The highest BCUT2D eigenvalue weighted by atomic mass is 16.2. The maximum Gasteiger partial charge on any atom is 0.317 e. The highest BCUT2D eigenvalue weighted by Gasteiger charge is 2.27. The Morgan fingerprint density at radius 3 is 2.45 bits per heavy atom. The molecule has 0 spiro atoms. The summed E-state index contributed by atoms with van der Waals surface area (Å²) in [6.07, 6.45) is 5.52. The average molecular weight is 456 g/mol. The molecule has 33 heavy (non-hydrogen) atoms. The maximum atomic E-state index is 12.7. The van der Waals surface area contributed by atoms with Crippen molar-refractivity contribution >= 4 is 11.9 Å². The van der Waals surface area contributed by atoms with Crippen LogP contribution in [0.4, 0.5) is 4.79 Å². The van der Waals surface area contributed by atoms with Gasteiger partial charge in [0.05, 0.1) is 11.7 Å². The van der Waals surface area contributed by atoms with Crippen molar-refractivity contribution in [1.29, 1.82) is 0 Å². The first-order chi connectivity index (χ1) is 16.0. The summed E-state index contributed by atoms with van der Waals surface area (Å²) in [5, 5.41) is 10.3. The summed E-state index contributed by atoms with van der Waals surface area (Å²) in [6.45, 7) is 11.3. The Bertz CT molecular complexity index is 857. The van der Waals surface area contributed by atoms with E-state index in [1.54, 1.807) is 11.0 Å². The Balaban J connectivity index is 1.38. The summed E-state index contributed by atoms with van der Waals surface area (Å²) >= 11 is 0. The first-order valence-electron chi connectivity index (χ1n) is 12.0. The van der Waals surface area contributed by atoms with Crippen LogP contribution in [0.3, 0.4) is 0 Å². The van der Waals surface area contributed by atoms with Gasteiger partial charge < -0.3 is 20.4 Å². The van der Waals surface area contributed by atoms with E-state index in [4.69, 9.17) is 0 Å². The lowest BCUT2D eigenvalue weighted by Gasteiger charge is -2.32. The van der Waals surface area contributed by atoms with Crippen molar-refractivity contribution in [3.63, 3.8) is 0 Å². The molecule has 0 saturated carbocycles. The Morgan fingerprint density at radius 1 is 1.15 bits per heavy atom. The van der Waals surface area contributed by atoms with Crippen molar-refractivity contribution < 1.29 is 9.59 Å². The lowest BCUT2D eigenvalue weighted by atomic mass is 9.96. The number of aromatic nitrogens is 3. The van der Waals surface area contributed by atoms with Gasteiger partial charge >= 0.3 is 6.03 Å².